The van der Waals surface area contributed by atoms with E-state index in [4.69, 9.17) is 15.0 Å². The molecule has 0 radical (unpaired) electrons. The summed E-state index contributed by atoms with van der Waals surface area (Å²) in [5.74, 6) is 1.94. The molecule has 10 rings (SSSR count). The highest BCUT2D eigenvalue weighted by atomic mass is 15.0. The van der Waals surface area contributed by atoms with Crippen LogP contribution in [0.15, 0.2) is 176 Å². The van der Waals surface area contributed by atoms with Gasteiger partial charge in [-0.3, -0.25) is 0 Å². The number of hydrogen-bond acceptors (Lipinski definition) is 3. The summed E-state index contributed by atoms with van der Waals surface area (Å²) in [7, 11) is 0. The van der Waals surface area contributed by atoms with Gasteiger partial charge >= 0.3 is 0 Å². The third-order valence-electron chi connectivity index (χ3n) is 12.4. The van der Waals surface area contributed by atoms with Gasteiger partial charge in [0, 0.05) is 16.7 Å². The third-order valence-corrected chi connectivity index (χ3v) is 12.4. The van der Waals surface area contributed by atoms with Crippen molar-refractivity contribution in [1.82, 2.24) is 15.0 Å². The summed E-state index contributed by atoms with van der Waals surface area (Å²) in [6.07, 6.45) is 2.40. The van der Waals surface area contributed by atoms with Crippen LogP contribution >= 0.6 is 0 Å². The Morgan fingerprint density at radius 1 is 0.310 bits per heavy atom. The molecule has 0 atom stereocenters. The van der Waals surface area contributed by atoms with Crippen LogP contribution in [-0.4, -0.2) is 15.0 Å². The fraction of sp³-hybridized carbons (Fsp3) is 0.145. The Labute approximate surface area is 341 Å². The second kappa shape index (κ2) is 14.0. The second-order valence-corrected chi connectivity index (χ2v) is 17.2. The van der Waals surface area contributed by atoms with Crippen molar-refractivity contribution in [1.29, 1.82) is 0 Å². The predicted molar refractivity (Wildman–Crippen MR) is 243 cm³/mol. The Kier molecular flexibility index (Phi) is 8.64. The van der Waals surface area contributed by atoms with Crippen molar-refractivity contribution in [3.8, 4) is 67.5 Å². The van der Waals surface area contributed by atoms with Gasteiger partial charge in [-0.05, 0) is 95.8 Å². The van der Waals surface area contributed by atoms with Gasteiger partial charge in [-0.25, -0.2) is 15.0 Å². The molecule has 1 heterocycles. The van der Waals surface area contributed by atoms with Gasteiger partial charge in [0.2, 0.25) is 0 Å². The molecule has 1 aliphatic rings. The molecule has 58 heavy (non-hydrogen) atoms. The summed E-state index contributed by atoms with van der Waals surface area (Å²) in [5.41, 5.74) is 13.2. The van der Waals surface area contributed by atoms with E-state index < -0.39 is 0 Å². The zero-order chi connectivity index (χ0) is 39.4. The van der Waals surface area contributed by atoms with E-state index in [1.54, 1.807) is 0 Å². The Morgan fingerprint density at radius 2 is 0.690 bits per heavy atom. The Hall–Kier alpha value is -6.71. The van der Waals surface area contributed by atoms with Crippen LogP contribution in [0.25, 0.3) is 89.1 Å². The number of benzene rings is 8. The zero-order valence-electron chi connectivity index (χ0n) is 33.5. The van der Waals surface area contributed by atoms with Gasteiger partial charge in [-0.1, -0.05) is 198 Å². The first kappa shape index (κ1) is 35.7. The van der Waals surface area contributed by atoms with Crippen LogP contribution in [0.5, 0.6) is 0 Å². The summed E-state index contributed by atoms with van der Waals surface area (Å²) in [5, 5.41) is 5.02. The zero-order valence-corrected chi connectivity index (χ0v) is 33.5. The molecule has 1 aliphatic carbocycles. The van der Waals surface area contributed by atoms with E-state index in [-0.39, 0.29) is 10.8 Å². The molecule has 0 amide bonds. The predicted octanol–water partition coefficient (Wildman–Crippen LogP) is 14.5. The van der Waals surface area contributed by atoms with Crippen LogP contribution in [0.2, 0.25) is 0 Å². The third kappa shape index (κ3) is 6.57. The van der Waals surface area contributed by atoms with Crippen molar-refractivity contribution in [2.75, 3.05) is 0 Å². The molecule has 0 unspecified atom stereocenters. The molecule has 0 aliphatic heterocycles. The molecule has 9 aromatic rings. The molecule has 3 nitrogen and oxygen atoms in total. The summed E-state index contributed by atoms with van der Waals surface area (Å²) in [6.45, 7) is 9.53. The summed E-state index contributed by atoms with van der Waals surface area (Å²) in [6, 6.07) is 63.1. The molecule has 280 valence electrons. The van der Waals surface area contributed by atoms with Crippen LogP contribution in [0.1, 0.15) is 51.7 Å². The highest BCUT2D eigenvalue weighted by Gasteiger charge is 2.37. The van der Waals surface area contributed by atoms with Gasteiger partial charge < -0.3 is 0 Å². The quantitative estimate of drug-likeness (QED) is 0.159. The number of nitrogens with zero attached hydrogens (tertiary/aromatic N) is 3. The van der Waals surface area contributed by atoms with Crippen LogP contribution in [0.3, 0.4) is 0 Å². The molecule has 3 heteroatoms. The number of fused-ring (bicyclic) bond motifs is 4. The van der Waals surface area contributed by atoms with E-state index >= 15 is 0 Å². The lowest BCUT2D eigenvalue weighted by atomic mass is 9.63. The first-order valence-corrected chi connectivity index (χ1v) is 20.4. The van der Waals surface area contributed by atoms with Crippen molar-refractivity contribution >= 4 is 21.5 Å². The van der Waals surface area contributed by atoms with Crippen LogP contribution in [0.4, 0.5) is 0 Å². The van der Waals surface area contributed by atoms with Gasteiger partial charge in [0.25, 0.3) is 0 Å². The highest BCUT2D eigenvalue weighted by Crippen LogP contribution is 2.47. The summed E-state index contributed by atoms with van der Waals surface area (Å²) in [4.78, 5) is 15.3. The van der Waals surface area contributed by atoms with Gasteiger partial charge in [0.1, 0.15) is 0 Å². The van der Waals surface area contributed by atoms with Gasteiger partial charge in [-0.15, -0.1) is 0 Å². The fourth-order valence-electron chi connectivity index (χ4n) is 8.78. The Morgan fingerprint density at radius 3 is 1.26 bits per heavy atom. The molecule has 1 aromatic heterocycles. The van der Waals surface area contributed by atoms with Crippen molar-refractivity contribution in [3.63, 3.8) is 0 Å². The minimum Gasteiger partial charge on any atom is -0.208 e. The van der Waals surface area contributed by atoms with E-state index in [0.29, 0.717) is 17.5 Å². The minimum absolute atomic E-state index is 0.153. The Balaban J connectivity index is 1.02. The van der Waals surface area contributed by atoms with E-state index in [2.05, 4.69) is 198 Å². The average Bonchev–Trinajstić information content (AvgIpc) is 3.28. The molecular formula is C55H45N3. The molecular weight excluding hydrogens is 703 g/mol. The molecule has 0 N–H and O–H groups in total. The van der Waals surface area contributed by atoms with Crippen LogP contribution in [0, 0.1) is 0 Å². The number of hydrogen-bond donors (Lipinski definition) is 0. The molecule has 8 aromatic carbocycles. The van der Waals surface area contributed by atoms with E-state index in [1.807, 2.05) is 6.07 Å². The lowest BCUT2D eigenvalue weighted by Crippen LogP contribution is -2.33. The number of aromatic nitrogens is 3. The summed E-state index contributed by atoms with van der Waals surface area (Å²) >= 11 is 0. The van der Waals surface area contributed by atoms with Gasteiger partial charge in [0.15, 0.2) is 17.5 Å². The standard InChI is InChI=1S/C55H45N3/c1-54(2)32-33-55(3,4)50-35-46(30-31-49(50)54)39-18-27-44(28-19-39)53-57-51(42-23-14-37(15-24-42)36-10-6-5-7-11-36)56-52(58-53)43-25-16-38(17-26-43)45-29-22-41-21-20-40-12-8-9-13-47(40)48(41)34-45/h5-31,34-35H,32-33H2,1-4H3. The topological polar surface area (TPSA) is 38.7 Å². The first-order chi connectivity index (χ1) is 28.2. The van der Waals surface area contributed by atoms with Gasteiger partial charge in [-0.2, -0.15) is 0 Å². The average molecular weight is 748 g/mol. The van der Waals surface area contributed by atoms with Crippen LogP contribution in [-0.2, 0) is 10.8 Å². The van der Waals surface area contributed by atoms with Crippen molar-refractivity contribution in [2.24, 2.45) is 0 Å². The largest absolute Gasteiger partial charge is 0.208 e. The highest BCUT2D eigenvalue weighted by molar-refractivity contribution is 6.08. The van der Waals surface area contributed by atoms with Gasteiger partial charge in [0.05, 0.1) is 0 Å². The molecule has 0 saturated carbocycles. The number of rotatable bonds is 6. The molecule has 0 bridgehead atoms. The Bertz CT molecular complexity index is 2960. The maximum Gasteiger partial charge on any atom is 0.164 e. The lowest BCUT2D eigenvalue weighted by molar-refractivity contribution is 0.332. The SMILES string of the molecule is CC1(C)CCC(C)(C)c2cc(-c3ccc(-c4nc(-c5ccc(-c6ccccc6)cc5)nc(-c5ccc(-c6ccc7ccc8ccccc8c7c6)cc5)n4)cc3)ccc21. The minimum atomic E-state index is 0.153. The second-order valence-electron chi connectivity index (χ2n) is 17.2. The van der Waals surface area contributed by atoms with Crippen molar-refractivity contribution in [3.05, 3.63) is 187 Å². The summed E-state index contributed by atoms with van der Waals surface area (Å²) < 4.78 is 0. The lowest BCUT2D eigenvalue weighted by Gasteiger charge is -2.42. The van der Waals surface area contributed by atoms with Crippen molar-refractivity contribution < 1.29 is 0 Å². The smallest absolute Gasteiger partial charge is 0.164 e. The van der Waals surface area contributed by atoms with E-state index in [9.17, 15) is 0 Å². The van der Waals surface area contributed by atoms with Crippen LogP contribution < -0.4 is 0 Å². The maximum absolute atomic E-state index is 5.11. The van der Waals surface area contributed by atoms with E-state index in [0.717, 1.165) is 27.8 Å². The first-order valence-electron chi connectivity index (χ1n) is 20.4. The molecule has 0 fully saturated rings. The van der Waals surface area contributed by atoms with E-state index in [1.165, 1.54) is 67.8 Å². The maximum atomic E-state index is 5.11. The molecule has 0 saturated heterocycles. The van der Waals surface area contributed by atoms with Crippen molar-refractivity contribution in [2.45, 2.75) is 51.4 Å². The monoisotopic (exact) mass is 747 g/mol. The normalized spacial score (nSPS) is 14.3. The molecule has 0 spiro atoms. The fourth-order valence-corrected chi connectivity index (χ4v) is 8.78.